The average molecular weight is 438 g/mol. The van der Waals surface area contributed by atoms with E-state index in [0.29, 0.717) is 51.7 Å². The highest BCUT2D eigenvalue weighted by Crippen LogP contribution is 2.31. The van der Waals surface area contributed by atoms with Gasteiger partial charge in [0, 0.05) is 5.56 Å². The summed E-state index contributed by atoms with van der Waals surface area (Å²) in [4.78, 5) is 7.37. The highest BCUT2D eigenvalue weighted by atomic mass is 19.1. The van der Waals surface area contributed by atoms with E-state index in [4.69, 9.17) is 9.47 Å². The second-order valence-electron chi connectivity index (χ2n) is 7.11. The van der Waals surface area contributed by atoms with Crippen LogP contribution in [0.5, 0.6) is 11.5 Å². The number of imidazole rings is 1. The first-order chi connectivity index (χ1) is 16.1. The summed E-state index contributed by atoms with van der Waals surface area (Å²) in [5.41, 5.74) is 3.43. The van der Waals surface area contributed by atoms with Crippen LogP contribution in [0.4, 0.5) is 4.39 Å². The number of hydrogen-bond donors (Lipinski definition) is 1. The molecule has 0 aliphatic rings. The number of rotatable bonds is 7. The van der Waals surface area contributed by atoms with Crippen molar-refractivity contribution in [3.8, 4) is 23.6 Å². The molecule has 0 aliphatic heterocycles. The van der Waals surface area contributed by atoms with Crippen LogP contribution in [0.15, 0.2) is 60.7 Å². The summed E-state index contributed by atoms with van der Waals surface area (Å²) in [6, 6.07) is 21.1. The minimum Gasteiger partial charge on any atom is -0.490 e. The largest absolute Gasteiger partial charge is 0.490 e. The molecule has 0 unspecified atom stereocenters. The third kappa shape index (κ3) is 4.84. The average Bonchev–Trinajstić information content (AvgIpc) is 3.25. The number of aromatic amines is 1. The quantitative estimate of drug-likeness (QED) is 0.378. The van der Waals surface area contributed by atoms with Crippen LogP contribution in [-0.4, -0.2) is 16.6 Å². The van der Waals surface area contributed by atoms with Gasteiger partial charge in [0.15, 0.2) is 11.5 Å². The van der Waals surface area contributed by atoms with Crippen LogP contribution in [0.1, 0.15) is 29.4 Å². The molecular formula is C26H19FN4O2. The number of hydrogen-bond acceptors (Lipinski definition) is 5. The molecule has 0 saturated carbocycles. The Balaban J connectivity index is 1.62. The van der Waals surface area contributed by atoms with Crippen molar-refractivity contribution >= 4 is 22.7 Å². The SMILES string of the molecule is CCOc1cc(/C=C(/C#N)c2nc3ccc(F)cc3[nH]2)ccc1OCc1ccccc1C#N. The molecule has 0 amide bonds. The Labute approximate surface area is 190 Å². The zero-order chi connectivity index (χ0) is 23.2. The molecule has 7 heteroatoms. The van der Waals surface area contributed by atoms with E-state index in [-0.39, 0.29) is 12.4 Å². The highest BCUT2D eigenvalue weighted by molar-refractivity contribution is 5.90. The molecule has 1 heterocycles. The molecule has 1 aromatic heterocycles. The van der Waals surface area contributed by atoms with Gasteiger partial charge in [0.25, 0.3) is 0 Å². The second kappa shape index (κ2) is 9.67. The van der Waals surface area contributed by atoms with Gasteiger partial charge in [0.2, 0.25) is 0 Å². The van der Waals surface area contributed by atoms with Crippen molar-refractivity contribution in [1.29, 1.82) is 10.5 Å². The van der Waals surface area contributed by atoms with E-state index in [2.05, 4.69) is 22.1 Å². The fourth-order valence-corrected chi connectivity index (χ4v) is 3.34. The molecule has 0 fully saturated rings. The Morgan fingerprint density at radius 3 is 2.70 bits per heavy atom. The summed E-state index contributed by atoms with van der Waals surface area (Å²) in [5.74, 6) is 1.02. The number of aromatic nitrogens is 2. The van der Waals surface area contributed by atoms with Gasteiger partial charge in [0.05, 0.1) is 34.8 Å². The topological polar surface area (TPSA) is 94.7 Å². The van der Waals surface area contributed by atoms with Crippen LogP contribution in [0.3, 0.4) is 0 Å². The first kappa shape index (κ1) is 21.6. The molecule has 3 aromatic carbocycles. The number of nitriles is 2. The monoisotopic (exact) mass is 438 g/mol. The number of benzene rings is 3. The smallest absolute Gasteiger partial charge is 0.161 e. The van der Waals surface area contributed by atoms with Crippen molar-refractivity contribution in [3.63, 3.8) is 0 Å². The first-order valence-electron chi connectivity index (χ1n) is 10.3. The lowest BCUT2D eigenvalue weighted by Gasteiger charge is -2.13. The molecule has 0 bridgehead atoms. The van der Waals surface area contributed by atoms with Gasteiger partial charge >= 0.3 is 0 Å². The molecule has 0 aliphatic carbocycles. The van der Waals surface area contributed by atoms with Crippen LogP contribution in [0.25, 0.3) is 22.7 Å². The van der Waals surface area contributed by atoms with E-state index in [0.717, 1.165) is 5.56 Å². The van der Waals surface area contributed by atoms with Gasteiger partial charge in [-0.2, -0.15) is 10.5 Å². The van der Waals surface area contributed by atoms with Crippen molar-refractivity contribution in [2.75, 3.05) is 6.61 Å². The predicted molar refractivity (Wildman–Crippen MR) is 123 cm³/mol. The van der Waals surface area contributed by atoms with Gasteiger partial charge in [-0.3, -0.25) is 0 Å². The van der Waals surface area contributed by atoms with Crippen molar-refractivity contribution in [3.05, 3.63) is 89.0 Å². The third-order valence-electron chi connectivity index (χ3n) is 4.92. The third-order valence-corrected chi connectivity index (χ3v) is 4.92. The fraction of sp³-hybridized carbons (Fsp3) is 0.115. The molecule has 0 radical (unpaired) electrons. The van der Waals surface area contributed by atoms with Crippen LogP contribution in [0, 0.1) is 28.5 Å². The lowest BCUT2D eigenvalue weighted by atomic mass is 10.1. The number of H-pyrrole nitrogens is 1. The molecule has 0 spiro atoms. The number of nitrogens with zero attached hydrogens (tertiary/aromatic N) is 3. The van der Waals surface area contributed by atoms with Crippen LogP contribution < -0.4 is 9.47 Å². The second-order valence-corrected chi connectivity index (χ2v) is 7.11. The fourth-order valence-electron chi connectivity index (χ4n) is 3.34. The number of allylic oxidation sites excluding steroid dienone is 1. The van der Waals surface area contributed by atoms with Gasteiger partial charge in [-0.25, -0.2) is 9.37 Å². The predicted octanol–water partition coefficient (Wildman–Crippen LogP) is 5.62. The molecule has 1 N–H and O–H groups in total. The molecule has 4 rings (SSSR count). The minimum atomic E-state index is -0.380. The van der Waals surface area contributed by atoms with E-state index >= 15 is 0 Å². The van der Waals surface area contributed by atoms with Crippen molar-refractivity contribution in [1.82, 2.24) is 9.97 Å². The zero-order valence-electron chi connectivity index (χ0n) is 17.8. The van der Waals surface area contributed by atoms with E-state index in [9.17, 15) is 14.9 Å². The van der Waals surface area contributed by atoms with Crippen LogP contribution in [-0.2, 0) is 6.61 Å². The lowest BCUT2D eigenvalue weighted by Crippen LogP contribution is -2.01. The molecule has 33 heavy (non-hydrogen) atoms. The normalized spacial score (nSPS) is 11.1. The van der Waals surface area contributed by atoms with E-state index in [1.807, 2.05) is 19.1 Å². The summed E-state index contributed by atoms with van der Waals surface area (Å²) in [6.07, 6.45) is 1.67. The van der Waals surface area contributed by atoms with E-state index < -0.39 is 0 Å². The molecular weight excluding hydrogens is 419 g/mol. The Kier molecular flexibility index (Phi) is 6.33. The molecule has 0 saturated heterocycles. The van der Waals surface area contributed by atoms with Crippen molar-refractivity contribution < 1.29 is 13.9 Å². The summed E-state index contributed by atoms with van der Waals surface area (Å²) in [6.45, 7) is 2.52. The highest BCUT2D eigenvalue weighted by Gasteiger charge is 2.11. The minimum absolute atomic E-state index is 0.220. The number of ether oxygens (including phenoxy) is 2. The van der Waals surface area contributed by atoms with Gasteiger partial charge in [0.1, 0.15) is 24.3 Å². The lowest BCUT2D eigenvalue weighted by molar-refractivity contribution is 0.269. The maximum Gasteiger partial charge on any atom is 0.161 e. The summed E-state index contributed by atoms with van der Waals surface area (Å²) < 4.78 is 25.1. The Hall–Kier alpha value is -4.62. The Morgan fingerprint density at radius 2 is 1.91 bits per heavy atom. The maximum atomic E-state index is 13.5. The molecule has 4 aromatic rings. The van der Waals surface area contributed by atoms with E-state index in [1.54, 1.807) is 42.5 Å². The zero-order valence-corrected chi connectivity index (χ0v) is 17.8. The van der Waals surface area contributed by atoms with Gasteiger partial charge in [-0.05, 0) is 55.0 Å². The first-order valence-corrected chi connectivity index (χ1v) is 10.3. The van der Waals surface area contributed by atoms with Crippen LogP contribution >= 0.6 is 0 Å². The Bertz CT molecular complexity index is 1430. The van der Waals surface area contributed by atoms with Gasteiger partial charge in [-0.1, -0.05) is 24.3 Å². The number of halogens is 1. The molecule has 6 nitrogen and oxygen atoms in total. The summed E-state index contributed by atoms with van der Waals surface area (Å²) in [5, 5.41) is 18.9. The standard InChI is InChI=1S/C26H19FN4O2/c1-2-32-25-12-17(7-10-24(25)33-16-19-6-4-3-5-18(19)14-28)11-20(15-29)26-30-22-9-8-21(27)13-23(22)31-26/h3-13H,2,16H2,1H3,(H,30,31)/b20-11-. The number of nitrogens with one attached hydrogen (secondary N) is 1. The van der Waals surface area contributed by atoms with Crippen molar-refractivity contribution in [2.45, 2.75) is 13.5 Å². The van der Waals surface area contributed by atoms with E-state index in [1.165, 1.54) is 12.1 Å². The Morgan fingerprint density at radius 1 is 1.06 bits per heavy atom. The molecule has 162 valence electrons. The van der Waals surface area contributed by atoms with Gasteiger partial charge in [-0.15, -0.1) is 0 Å². The number of fused-ring (bicyclic) bond motifs is 1. The van der Waals surface area contributed by atoms with Gasteiger partial charge < -0.3 is 14.5 Å². The molecule has 0 atom stereocenters. The summed E-state index contributed by atoms with van der Waals surface area (Å²) in [7, 11) is 0. The van der Waals surface area contributed by atoms with Crippen LogP contribution in [0.2, 0.25) is 0 Å². The maximum absolute atomic E-state index is 13.5. The van der Waals surface area contributed by atoms with Crippen molar-refractivity contribution in [2.24, 2.45) is 0 Å². The summed E-state index contributed by atoms with van der Waals surface area (Å²) >= 11 is 0.